The van der Waals surface area contributed by atoms with Crippen molar-refractivity contribution < 1.29 is 23.9 Å². The molecule has 1 aliphatic heterocycles. The number of aromatic amines is 1. The Kier molecular flexibility index (Phi) is 4.97. The fourth-order valence-electron chi connectivity index (χ4n) is 2.39. The lowest BCUT2D eigenvalue weighted by molar-refractivity contribution is -0.146. The molecule has 1 aromatic rings. The van der Waals surface area contributed by atoms with E-state index in [2.05, 4.69) is 4.98 Å². The summed E-state index contributed by atoms with van der Waals surface area (Å²) >= 11 is 0. The van der Waals surface area contributed by atoms with Crippen molar-refractivity contribution in [2.24, 2.45) is 0 Å². The summed E-state index contributed by atoms with van der Waals surface area (Å²) in [6.45, 7) is 5.83. The number of hydrogen-bond donors (Lipinski definition) is 1. The van der Waals surface area contributed by atoms with Crippen molar-refractivity contribution >= 4 is 17.7 Å². The van der Waals surface area contributed by atoms with Gasteiger partial charge >= 0.3 is 5.97 Å². The van der Waals surface area contributed by atoms with Crippen LogP contribution in [0.2, 0.25) is 0 Å². The fourth-order valence-corrected chi connectivity index (χ4v) is 2.39. The summed E-state index contributed by atoms with van der Waals surface area (Å²) in [5.74, 6) is -1.06. The molecule has 1 amide bonds. The first-order valence-electron chi connectivity index (χ1n) is 7.16. The van der Waals surface area contributed by atoms with Crippen LogP contribution in [0.25, 0.3) is 0 Å². The predicted octanol–water partition coefficient (Wildman–Crippen LogP) is 1.01. The monoisotopic (exact) mass is 308 g/mol. The van der Waals surface area contributed by atoms with E-state index in [0.29, 0.717) is 18.7 Å². The molecule has 0 spiro atoms. The van der Waals surface area contributed by atoms with Crippen LogP contribution >= 0.6 is 0 Å². The SMILES string of the molecule is CC(=O)c1c[nH]c(C(=O)OCC(=O)N2C[C@@H](C)O[C@H](C)C2)c1. The summed E-state index contributed by atoms with van der Waals surface area (Å²) in [5, 5.41) is 0. The van der Waals surface area contributed by atoms with Crippen LogP contribution in [-0.4, -0.2) is 59.4 Å². The van der Waals surface area contributed by atoms with Crippen LogP contribution in [0, 0.1) is 0 Å². The number of amides is 1. The normalized spacial score (nSPS) is 21.5. The van der Waals surface area contributed by atoms with Crippen molar-refractivity contribution in [3.05, 3.63) is 23.5 Å². The van der Waals surface area contributed by atoms with Gasteiger partial charge in [0.05, 0.1) is 12.2 Å². The lowest BCUT2D eigenvalue weighted by Gasteiger charge is -2.35. The molecule has 0 aliphatic carbocycles. The van der Waals surface area contributed by atoms with Crippen molar-refractivity contribution in [3.8, 4) is 0 Å². The van der Waals surface area contributed by atoms with Crippen LogP contribution in [0.3, 0.4) is 0 Å². The molecule has 1 aliphatic rings. The molecule has 7 heteroatoms. The number of Topliss-reactive ketones (excluding diaryl/α,β-unsaturated/α-hetero) is 1. The zero-order valence-electron chi connectivity index (χ0n) is 12.9. The largest absolute Gasteiger partial charge is 0.451 e. The van der Waals surface area contributed by atoms with Gasteiger partial charge in [0.25, 0.3) is 5.91 Å². The van der Waals surface area contributed by atoms with Gasteiger partial charge in [-0.2, -0.15) is 0 Å². The van der Waals surface area contributed by atoms with Gasteiger partial charge in [-0.25, -0.2) is 4.79 Å². The quantitative estimate of drug-likeness (QED) is 0.662. The Bertz CT molecular complexity index is 570. The van der Waals surface area contributed by atoms with Crippen LogP contribution in [0.15, 0.2) is 12.3 Å². The Morgan fingerprint density at radius 1 is 1.32 bits per heavy atom. The molecule has 0 radical (unpaired) electrons. The first kappa shape index (κ1) is 16.2. The van der Waals surface area contributed by atoms with Crippen molar-refractivity contribution in [3.63, 3.8) is 0 Å². The van der Waals surface area contributed by atoms with Crippen molar-refractivity contribution in [2.45, 2.75) is 33.0 Å². The second-order valence-electron chi connectivity index (χ2n) is 5.49. The summed E-state index contributed by atoms with van der Waals surface area (Å²) < 4.78 is 10.5. The smallest absolute Gasteiger partial charge is 0.355 e. The predicted molar refractivity (Wildman–Crippen MR) is 77.7 cm³/mol. The van der Waals surface area contributed by atoms with Gasteiger partial charge in [0.2, 0.25) is 0 Å². The summed E-state index contributed by atoms with van der Waals surface area (Å²) in [5.41, 5.74) is 0.552. The molecule has 120 valence electrons. The molecule has 1 saturated heterocycles. The zero-order valence-corrected chi connectivity index (χ0v) is 12.9. The molecule has 0 saturated carbocycles. The minimum absolute atomic E-state index is 0.0371. The number of aromatic nitrogens is 1. The van der Waals surface area contributed by atoms with E-state index in [1.54, 1.807) is 4.90 Å². The highest BCUT2D eigenvalue weighted by atomic mass is 16.5. The topological polar surface area (TPSA) is 88.7 Å². The van der Waals surface area contributed by atoms with Gasteiger partial charge < -0.3 is 19.4 Å². The summed E-state index contributed by atoms with van der Waals surface area (Å²) in [6, 6.07) is 1.41. The number of rotatable bonds is 4. The van der Waals surface area contributed by atoms with E-state index in [4.69, 9.17) is 9.47 Å². The molecule has 2 heterocycles. The van der Waals surface area contributed by atoms with Crippen LogP contribution < -0.4 is 0 Å². The molecular formula is C15H20N2O5. The van der Waals surface area contributed by atoms with Crippen molar-refractivity contribution in [2.75, 3.05) is 19.7 Å². The van der Waals surface area contributed by atoms with Crippen LogP contribution in [-0.2, 0) is 14.3 Å². The molecule has 1 N–H and O–H groups in total. The van der Waals surface area contributed by atoms with E-state index in [1.165, 1.54) is 19.2 Å². The maximum atomic E-state index is 12.1. The van der Waals surface area contributed by atoms with E-state index in [1.807, 2.05) is 13.8 Å². The number of morpholine rings is 1. The molecule has 2 atom stereocenters. The third-order valence-corrected chi connectivity index (χ3v) is 3.41. The first-order valence-corrected chi connectivity index (χ1v) is 7.16. The Hall–Kier alpha value is -2.15. The molecular weight excluding hydrogens is 288 g/mol. The summed E-state index contributed by atoms with van der Waals surface area (Å²) in [6.07, 6.45) is 1.36. The Morgan fingerprint density at radius 3 is 2.50 bits per heavy atom. The fraction of sp³-hybridized carbons (Fsp3) is 0.533. The number of carbonyl (C=O) groups excluding carboxylic acids is 3. The highest BCUT2D eigenvalue weighted by molar-refractivity contribution is 5.97. The molecule has 7 nitrogen and oxygen atoms in total. The number of ketones is 1. The minimum Gasteiger partial charge on any atom is -0.451 e. The number of nitrogens with one attached hydrogen (secondary N) is 1. The van der Waals surface area contributed by atoms with Gasteiger partial charge in [0.1, 0.15) is 5.69 Å². The summed E-state index contributed by atoms with van der Waals surface area (Å²) in [7, 11) is 0. The molecule has 0 bridgehead atoms. The van der Waals surface area contributed by atoms with Gasteiger partial charge in [-0.3, -0.25) is 9.59 Å². The molecule has 0 unspecified atom stereocenters. The van der Waals surface area contributed by atoms with Gasteiger partial charge in [0, 0.05) is 24.8 Å². The number of carbonyl (C=O) groups is 3. The average Bonchev–Trinajstić information content (AvgIpc) is 2.93. The first-order chi connectivity index (χ1) is 10.4. The van der Waals surface area contributed by atoms with E-state index in [-0.39, 0.29) is 36.2 Å². The van der Waals surface area contributed by atoms with Crippen molar-refractivity contribution in [1.29, 1.82) is 0 Å². The van der Waals surface area contributed by atoms with Crippen molar-refractivity contribution in [1.82, 2.24) is 9.88 Å². The average molecular weight is 308 g/mol. The van der Waals surface area contributed by atoms with E-state index in [0.717, 1.165) is 0 Å². The van der Waals surface area contributed by atoms with Crippen LogP contribution in [0.5, 0.6) is 0 Å². The van der Waals surface area contributed by atoms with E-state index < -0.39 is 5.97 Å². The van der Waals surface area contributed by atoms with Gasteiger partial charge in [-0.15, -0.1) is 0 Å². The molecule has 1 aromatic heterocycles. The van der Waals surface area contributed by atoms with E-state index >= 15 is 0 Å². The molecule has 2 rings (SSSR count). The number of H-pyrrole nitrogens is 1. The second kappa shape index (κ2) is 6.74. The minimum atomic E-state index is -0.657. The second-order valence-corrected chi connectivity index (χ2v) is 5.49. The Labute approximate surface area is 128 Å². The lowest BCUT2D eigenvalue weighted by Crippen LogP contribution is -2.49. The van der Waals surface area contributed by atoms with Gasteiger partial charge in [-0.1, -0.05) is 0 Å². The van der Waals surface area contributed by atoms with Crippen LogP contribution in [0.4, 0.5) is 0 Å². The maximum Gasteiger partial charge on any atom is 0.355 e. The number of hydrogen-bond acceptors (Lipinski definition) is 5. The van der Waals surface area contributed by atoms with Gasteiger partial charge in [0.15, 0.2) is 12.4 Å². The Morgan fingerprint density at radius 2 is 1.95 bits per heavy atom. The third kappa shape index (κ3) is 3.94. The highest BCUT2D eigenvalue weighted by Crippen LogP contribution is 2.11. The number of ether oxygens (including phenoxy) is 2. The molecule has 0 aromatic carbocycles. The van der Waals surface area contributed by atoms with E-state index in [9.17, 15) is 14.4 Å². The third-order valence-electron chi connectivity index (χ3n) is 3.41. The summed E-state index contributed by atoms with van der Waals surface area (Å²) in [4.78, 5) is 39.4. The number of esters is 1. The lowest BCUT2D eigenvalue weighted by atomic mass is 10.2. The number of nitrogens with zero attached hydrogens (tertiary/aromatic N) is 1. The molecule has 22 heavy (non-hydrogen) atoms. The highest BCUT2D eigenvalue weighted by Gasteiger charge is 2.26. The maximum absolute atomic E-state index is 12.1. The van der Waals surface area contributed by atoms with Gasteiger partial charge in [-0.05, 0) is 26.8 Å². The zero-order chi connectivity index (χ0) is 16.3. The standard InChI is InChI=1S/C15H20N2O5/c1-9-6-17(7-10(2)22-9)14(19)8-21-15(20)13-4-12(5-16-13)11(3)18/h4-5,9-10,16H,6-8H2,1-3H3/t9-,10-/m1/s1. The Balaban J connectivity index is 1.87. The molecule has 1 fully saturated rings. The van der Waals surface area contributed by atoms with Crippen LogP contribution in [0.1, 0.15) is 41.6 Å².